The average Bonchev–Trinajstić information content (AvgIpc) is 2.96. The largest absolute Gasteiger partial charge is 0.468 e. The van der Waals surface area contributed by atoms with Crippen LogP contribution >= 0.6 is 0 Å². The summed E-state index contributed by atoms with van der Waals surface area (Å²) in [7, 11) is -0.638. The molecule has 2 aliphatic rings. The Morgan fingerprint density at radius 1 is 1.15 bits per heavy atom. The lowest BCUT2D eigenvalue weighted by molar-refractivity contribution is -0.144. The van der Waals surface area contributed by atoms with Crippen LogP contribution in [0.1, 0.15) is 44.9 Å². The molecule has 0 radical (unpaired) electrons. The van der Waals surface area contributed by atoms with E-state index < -0.39 is 22.2 Å². The fourth-order valence-corrected chi connectivity index (χ4v) is 4.98. The third-order valence-electron chi connectivity index (χ3n) is 4.43. The number of carbonyl (C=O) groups is 1. The van der Waals surface area contributed by atoms with Crippen LogP contribution in [0.15, 0.2) is 0 Å². The van der Waals surface area contributed by atoms with Crippen LogP contribution in [-0.4, -0.2) is 55.8 Å². The first kappa shape index (κ1) is 15.7. The quantitative estimate of drug-likeness (QED) is 0.730. The monoisotopic (exact) mass is 304 g/mol. The zero-order valence-electron chi connectivity index (χ0n) is 12.2. The molecule has 0 bridgehead atoms. The Morgan fingerprint density at radius 2 is 1.80 bits per heavy atom. The van der Waals surface area contributed by atoms with Gasteiger partial charge < -0.3 is 4.74 Å². The summed E-state index contributed by atoms with van der Waals surface area (Å²) in [5.74, 6) is -0.455. The molecule has 116 valence electrons. The van der Waals surface area contributed by atoms with Gasteiger partial charge in [-0.15, -0.1) is 0 Å². The van der Waals surface area contributed by atoms with Crippen molar-refractivity contribution in [2.24, 2.45) is 0 Å². The molecule has 1 aliphatic heterocycles. The summed E-state index contributed by atoms with van der Waals surface area (Å²) in [4.78, 5) is 11.7. The number of carbonyl (C=O) groups excluding carboxylic acids is 1. The summed E-state index contributed by atoms with van der Waals surface area (Å²) < 4.78 is 32.9. The van der Waals surface area contributed by atoms with Gasteiger partial charge in [-0.3, -0.25) is 4.79 Å². The van der Waals surface area contributed by atoms with Crippen LogP contribution < -0.4 is 0 Å². The van der Waals surface area contributed by atoms with Gasteiger partial charge in [0, 0.05) is 19.6 Å². The van der Waals surface area contributed by atoms with Gasteiger partial charge in [0.15, 0.2) is 0 Å². The second-order valence-corrected chi connectivity index (χ2v) is 7.55. The molecule has 0 amide bonds. The van der Waals surface area contributed by atoms with E-state index in [1.165, 1.54) is 22.1 Å². The van der Waals surface area contributed by atoms with Crippen molar-refractivity contribution in [2.75, 3.05) is 20.7 Å². The van der Waals surface area contributed by atoms with Crippen molar-refractivity contribution in [3.05, 3.63) is 0 Å². The molecule has 2 fully saturated rings. The van der Waals surface area contributed by atoms with Crippen molar-refractivity contribution in [1.29, 1.82) is 0 Å². The molecule has 1 atom stereocenters. The predicted octanol–water partition coefficient (Wildman–Crippen LogP) is 1.13. The van der Waals surface area contributed by atoms with Crippen LogP contribution in [0.4, 0.5) is 0 Å². The van der Waals surface area contributed by atoms with Crippen LogP contribution in [0.3, 0.4) is 0 Å². The standard InChI is InChI=1S/C13H24N2O4S/c1-14(11-7-4-3-5-8-11)20(17,18)15-10-6-9-12(15)13(16)19-2/h11-12H,3-10H2,1-2H3. The van der Waals surface area contributed by atoms with Crippen molar-refractivity contribution in [2.45, 2.75) is 57.0 Å². The molecule has 0 spiro atoms. The van der Waals surface area contributed by atoms with Crippen LogP contribution in [-0.2, 0) is 19.7 Å². The molecule has 1 unspecified atom stereocenters. The third-order valence-corrected chi connectivity index (χ3v) is 6.48. The maximum atomic E-state index is 12.7. The molecule has 0 aromatic carbocycles. The lowest BCUT2D eigenvalue weighted by atomic mass is 9.96. The highest BCUT2D eigenvalue weighted by Gasteiger charge is 2.42. The van der Waals surface area contributed by atoms with E-state index in [0.717, 1.165) is 25.7 Å². The normalized spacial score (nSPS) is 26.1. The Kier molecular flexibility index (Phi) is 5.04. The maximum absolute atomic E-state index is 12.7. The molecule has 2 rings (SSSR count). The average molecular weight is 304 g/mol. The van der Waals surface area contributed by atoms with Gasteiger partial charge in [-0.25, -0.2) is 0 Å². The molecule has 1 saturated carbocycles. The second-order valence-electron chi connectivity index (χ2n) is 5.61. The van der Waals surface area contributed by atoms with E-state index in [-0.39, 0.29) is 6.04 Å². The molecule has 1 saturated heterocycles. The summed E-state index contributed by atoms with van der Waals surface area (Å²) in [6.07, 6.45) is 6.40. The van der Waals surface area contributed by atoms with E-state index in [0.29, 0.717) is 19.4 Å². The SMILES string of the molecule is COC(=O)C1CCCN1S(=O)(=O)N(C)C1CCCCC1. The van der Waals surface area contributed by atoms with Crippen LogP contribution in [0, 0.1) is 0 Å². The van der Waals surface area contributed by atoms with Gasteiger partial charge in [0.2, 0.25) is 0 Å². The Bertz CT molecular complexity index is 445. The van der Waals surface area contributed by atoms with Crippen molar-refractivity contribution < 1.29 is 17.9 Å². The van der Waals surface area contributed by atoms with Crippen molar-refractivity contribution in [1.82, 2.24) is 8.61 Å². The Balaban J connectivity index is 2.13. The molecular formula is C13H24N2O4S. The summed E-state index contributed by atoms with van der Waals surface area (Å²) in [5, 5.41) is 0. The summed E-state index contributed by atoms with van der Waals surface area (Å²) in [6, 6.07) is -0.594. The molecular weight excluding hydrogens is 280 g/mol. The first-order valence-electron chi connectivity index (χ1n) is 7.31. The van der Waals surface area contributed by atoms with Crippen LogP contribution in [0.2, 0.25) is 0 Å². The number of ether oxygens (including phenoxy) is 1. The van der Waals surface area contributed by atoms with E-state index in [2.05, 4.69) is 0 Å². The Morgan fingerprint density at radius 3 is 2.40 bits per heavy atom. The van der Waals surface area contributed by atoms with Crippen molar-refractivity contribution >= 4 is 16.2 Å². The molecule has 0 aromatic heterocycles. The predicted molar refractivity (Wildman–Crippen MR) is 75.3 cm³/mol. The highest BCUT2D eigenvalue weighted by Crippen LogP contribution is 2.28. The van der Waals surface area contributed by atoms with Gasteiger partial charge >= 0.3 is 5.97 Å². The molecule has 6 nitrogen and oxygen atoms in total. The zero-order chi connectivity index (χ0) is 14.8. The minimum absolute atomic E-state index is 0.0626. The van der Waals surface area contributed by atoms with E-state index >= 15 is 0 Å². The van der Waals surface area contributed by atoms with Gasteiger partial charge in [0.25, 0.3) is 10.2 Å². The number of nitrogens with zero attached hydrogens (tertiary/aromatic N) is 2. The first-order valence-corrected chi connectivity index (χ1v) is 8.71. The van der Waals surface area contributed by atoms with Gasteiger partial charge in [-0.2, -0.15) is 17.0 Å². The Hall–Kier alpha value is -0.660. The molecule has 1 aliphatic carbocycles. The van der Waals surface area contributed by atoms with E-state index in [4.69, 9.17) is 4.74 Å². The van der Waals surface area contributed by atoms with Gasteiger partial charge in [0.05, 0.1) is 7.11 Å². The minimum Gasteiger partial charge on any atom is -0.468 e. The van der Waals surface area contributed by atoms with Crippen molar-refractivity contribution in [3.63, 3.8) is 0 Å². The summed E-state index contributed by atoms with van der Waals surface area (Å²) in [6.45, 7) is 0.402. The number of hydrogen-bond donors (Lipinski definition) is 0. The fourth-order valence-electron chi connectivity index (χ4n) is 3.19. The van der Waals surface area contributed by atoms with Gasteiger partial charge in [-0.05, 0) is 25.7 Å². The number of hydrogen-bond acceptors (Lipinski definition) is 4. The zero-order valence-corrected chi connectivity index (χ0v) is 13.1. The highest BCUT2D eigenvalue weighted by atomic mass is 32.2. The molecule has 0 N–H and O–H groups in total. The van der Waals surface area contributed by atoms with E-state index in [1.807, 2.05) is 0 Å². The van der Waals surface area contributed by atoms with E-state index in [1.54, 1.807) is 7.05 Å². The topological polar surface area (TPSA) is 66.9 Å². The summed E-state index contributed by atoms with van der Waals surface area (Å²) >= 11 is 0. The lowest BCUT2D eigenvalue weighted by Gasteiger charge is -2.34. The fraction of sp³-hybridized carbons (Fsp3) is 0.923. The first-order chi connectivity index (χ1) is 9.48. The second kappa shape index (κ2) is 6.41. The number of rotatable bonds is 4. The number of esters is 1. The Labute approximate surface area is 121 Å². The molecule has 20 heavy (non-hydrogen) atoms. The van der Waals surface area contributed by atoms with Crippen LogP contribution in [0.5, 0.6) is 0 Å². The van der Waals surface area contributed by atoms with Gasteiger partial charge in [0.1, 0.15) is 6.04 Å². The number of methoxy groups -OCH3 is 1. The lowest BCUT2D eigenvalue weighted by Crippen LogP contribution is -2.50. The molecule has 7 heteroatoms. The smallest absolute Gasteiger partial charge is 0.324 e. The van der Waals surface area contributed by atoms with Crippen molar-refractivity contribution in [3.8, 4) is 0 Å². The minimum atomic E-state index is -3.58. The van der Waals surface area contributed by atoms with Gasteiger partial charge in [-0.1, -0.05) is 19.3 Å². The van der Waals surface area contributed by atoms with E-state index in [9.17, 15) is 13.2 Å². The highest BCUT2D eigenvalue weighted by molar-refractivity contribution is 7.86. The molecule has 0 aromatic rings. The molecule has 1 heterocycles. The summed E-state index contributed by atoms with van der Waals surface area (Å²) in [5.41, 5.74) is 0. The van der Waals surface area contributed by atoms with Crippen LogP contribution in [0.25, 0.3) is 0 Å². The third kappa shape index (κ3) is 2.99. The maximum Gasteiger partial charge on any atom is 0.324 e.